The maximum atomic E-state index is 12.3. The first-order chi connectivity index (χ1) is 11.2. The number of allylic oxidation sites excluding steroid dienone is 1. The molecule has 1 aromatic rings. The largest absolute Gasteiger partial charge is 0.412 e. The van der Waals surface area contributed by atoms with Gasteiger partial charge >= 0.3 is 0 Å². The average molecular weight is 313 g/mol. The fraction of sp³-hybridized carbons (Fsp3) is 0.412. The Labute approximate surface area is 134 Å². The predicted molar refractivity (Wildman–Crippen MR) is 84.2 cm³/mol. The third-order valence-electron chi connectivity index (χ3n) is 4.44. The van der Waals surface area contributed by atoms with Crippen molar-refractivity contribution in [3.05, 3.63) is 42.2 Å². The van der Waals surface area contributed by atoms with Crippen LogP contribution >= 0.6 is 0 Å². The van der Waals surface area contributed by atoms with Crippen LogP contribution in [0.2, 0.25) is 0 Å². The molecule has 2 amide bonds. The van der Waals surface area contributed by atoms with Gasteiger partial charge in [0.05, 0.1) is 6.04 Å². The Morgan fingerprint density at radius 2 is 2.04 bits per heavy atom. The van der Waals surface area contributed by atoms with E-state index in [9.17, 15) is 9.59 Å². The predicted octanol–water partition coefficient (Wildman–Crippen LogP) is 1.11. The van der Waals surface area contributed by atoms with Crippen LogP contribution in [-0.4, -0.2) is 30.4 Å². The van der Waals surface area contributed by atoms with Gasteiger partial charge in [-0.3, -0.25) is 9.59 Å². The number of benzene rings is 1. The second kappa shape index (κ2) is 5.70. The van der Waals surface area contributed by atoms with Crippen molar-refractivity contribution in [2.24, 2.45) is 5.92 Å². The van der Waals surface area contributed by atoms with Crippen LogP contribution in [0.25, 0.3) is 0 Å². The maximum absolute atomic E-state index is 12.3. The van der Waals surface area contributed by atoms with Crippen LogP contribution < -0.4 is 15.7 Å². The first-order valence-electron chi connectivity index (χ1n) is 8.00. The standard InChI is InChI=1S/C17H19N3O3/c21-16-8-12(10-20(16)13-4-2-1-3-5-13)18-17(22)14-9-15(23-19-14)11-6-7-11/h1-5,9,11-12,14,19H,6-8,10H2,(H,18,22). The highest BCUT2D eigenvalue weighted by atomic mass is 16.7. The first-order valence-corrected chi connectivity index (χ1v) is 8.00. The molecule has 120 valence electrons. The zero-order chi connectivity index (χ0) is 15.8. The van der Waals surface area contributed by atoms with Crippen LogP contribution in [0.15, 0.2) is 42.2 Å². The molecule has 1 saturated carbocycles. The molecule has 0 aromatic heterocycles. The van der Waals surface area contributed by atoms with E-state index in [2.05, 4.69) is 10.8 Å². The summed E-state index contributed by atoms with van der Waals surface area (Å²) >= 11 is 0. The molecule has 2 atom stereocenters. The van der Waals surface area contributed by atoms with Gasteiger partial charge < -0.3 is 15.1 Å². The number of carbonyl (C=O) groups excluding carboxylic acids is 2. The minimum Gasteiger partial charge on any atom is -0.412 e. The normalized spacial score (nSPS) is 26.9. The molecule has 1 saturated heterocycles. The molecular formula is C17H19N3O3. The van der Waals surface area contributed by atoms with Gasteiger partial charge in [0.25, 0.3) is 0 Å². The zero-order valence-corrected chi connectivity index (χ0v) is 12.7. The zero-order valence-electron chi connectivity index (χ0n) is 12.7. The van der Waals surface area contributed by atoms with E-state index in [-0.39, 0.29) is 17.9 Å². The van der Waals surface area contributed by atoms with E-state index in [1.807, 2.05) is 36.4 Å². The van der Waals surface area contributed by atoms with Crippen molar-refractivity contribution in [3.63, 3.8) is 0 Å². The molecule has 2 heterocycles. The van der Waals surface area contributed by atoms with Gasteiger partial charge in [0.2, 0.25) is 11.8 Å². The summed E-state index contributed by atoms with van der Waals surface area (Å²) in [6.45, 7) is 0.501. The third-order valence-corrected chi connectivity index (χ3v) is 4.44. The molecule has 2 N–H and O–H groups in total. The number of para-hydroxylation sites is 1. The minimum atomic E-state index is -0.466. The molecule has 1 aliphatic carbocycles. The summed E-state index contributed by atoms with van der Waals surface area (Å²) in [7, 11) is 0. The quantitative estimate of drug-likeness (QED) is 0.873. The van der Waals surface area contributed by atoms with Crippen molar-refractivity contribution in [1.29, 1.82) is 0 Å². The van der Waals surface area contributed by atoms with Gasteiger partial charge in [-0.1, -0.05) is 18.2 Å². The van der Waals surface area contributed by atoms with Gasteiger partial charge in [0.15, 0.2) is 0 Å². The van der Waals surface area contributed by atoms with Crippen LogP contribution in [0.5, 0.6) is 0 Å². The molecule has 0 spiro atoms. The number of rotatable bonds is 4. The summed E-state index contributed by atoms with van der Waals surface area (Å²) < 4.78 is 0. The summed E-state index contributed by atoms with van der Waals surface area (Å²) in [5, 5.41) is 2.94. The molecule has 23 heavy (non-hydrogen) atoms. The Balaban J connectivity index is 1.36. The molecule has 1 aromatic carbocycles. The summed E-state index contributed by atoms with van der Waals surface area (Å²) in [4.78, 5) is 31.5. The molecule has 0 radical (unpaired) electrons. The highest BCUT2D eigenvalue weighted by Gasteiger charge is 2.36. The van der Waals surface area contributed by atoms with E-state index < -0.39 is 6.04 Å². The van der Waals surface area contributed by atoms with E-state index in [0.717, 1.165) is 24.3 Å². The summed E-state index contributed by atoms with van der Waals surface area (Å²) in [6, 6.07) is 8.88. The molecule has 0 bridgehead atoms. The van der Waals surface area contributed by atoms with Crippen LogP contribution in [0, 0.1) is 5.92 Å². The summed E-state index contributed by atoms with van der Waals surface area (Å²) in [5.41, 5.74) is 3.62. The average Bonchev–Trinajstić information content (AvgIpc) is 3.17. The molecule has 3 aliphatic rings. The summed E-state index contributed by atoms with van der Waals surface area (Å²) in [5.74, 6) is 1.24. The lowest BCUT2D eigenvalue weighted by Gasteiger charge is -2.17. The van der Waals surface area contributed by atoms with Gasteiger partial charge in [0, 0.05) is 24.6 Å². The van der Waals surface area contributed by atoms with Crippen molar-refractivity contribution in [1.82, 2.24) is 10.8 Å². The van der Waals surface area contributed by atoms with Gasteiger partial charge in [-0.15, -0.1) is 5.48 Å². The molecule has 6 heteroatoms. The molecule has 2 aliphatic heterocycles. The van der Waals surface area contributed by atoms with Gasteiger partial charge in [0.1, 0.15) is 11.8 Å². The second-order valence-electron chi connectivity index (χ2n) is 6.29. The number of hydrogen-bond acceptors (Lipinski definition) is 4. The number of carbonyl (C=O) groups is 2. The molecule has 6 nitrogen and oxygen atoms in total. The lowest BCUT2D eigenvalue weighted by Crippen LogP contribution is -2.45. The SMILES string of the molecule is O=C(NC1CC(=O)N(c2ccccc2)C1)C1C=C(C2CC2)ON1. The minimum absolute atomic E-state index is 0.0337. The summed E-state index contributed by atoms with van der Waals surface area (Å²) in [6.07, 6.45) is 4.43. The van der Waals surface area contributed by atoms with Crippen LogP contribution in [0.3, 0.4) is 0 Å². The number of hydroxylamine groups is 1. The Hall–Kier alpha value is -2.34. The lowest BCUT2D eigenvalue weighted by molar-refractivity contribution is -0.124. The number of nitrogens with zero attached hydrogens (tertiary/aromatic N) is 1. The molecule has 2 unspecified atom stereocenters. The van der Waals surface area contributed by atoms with Crippen molar-refractivity contribution in [3.8, 4) is 0 Å². The number of nitrogens with one attached hydrogen (secondary N) is 2. The maximum Gasteiger partial charge on any atom is 0.244 e. The van der Waals surface area contributed by atoms with Crippen LogP contribution in [0.1, 0.15) is 19.3 Å². The highest BCUT2D eigenvalue weighted by Crippen LogP contribution is 2.38. The molecule has 2 fully saturated rings. The second-order valence-corrected chi connectivity index (χ2v) is 6.29. The lowest BCUT2D eigenvalue weighted by atomic mass is 10.2. The topological polar surface area (TPSA) is 70.7 Å². The molecular weight excluding hydrogens is 294 g/mol. The number of hydrogen-bond donors (Lipinski definition) is 2. The Morgan fingerprint density at radius 3 is 2.78 bits per heavy atom. The van der Waals surface area contributed by atoms with Gasteiger partial charge in [-0.2, -0.15) is 0 Å². The smallest absolute Gasteiger partial charge is 0.244 e. The Kier molecular flexibility index (Phi) is 3.53. The fourth-order valence-electron chi connectivity index (χ4n) is 3.03. The van der Waals surface area contributed by atoms with Gasteiger partial charge in [-0.25, -0.2) is 0 Å². The van der Waals surface area contributed by atoms with Crippen LogP contribution in [0.4, 0.5) is 5.69 Å². The number of amides is 2. The van der Waals surface area contributed by atoms with E-state index in [1.54, 1.807) is 4.90 Å². The van der Waals surface area contributed by atoms with Gasteiger partial charge in [-0.05, 0) is 31.1 Å². The molecule has 4 rings (SSSR count). The van der Waals surface area contributed by atoms with E-state index in [4.69, 9.17) is 4.84 Å². The Morgan fingerprint density at radius 1 is 1.26 bits per heavy atom. The highest BCUT2D eigenvalue weighted by molar-refractivity contribution is 5.97. The Bertz CT molecular complexity index is 654. The van der Waals surface area contributed by atoms with Crippen LogP contribution in [-0.2, 0) is 14.4 Å². The van der Waals surface area contributed by atoms with Crippen molar-refractivity contribution < 1.29 is 14.4 Å². The van der Waals surface area contributed by atoms with Crippen molar-refractivity contribution in [2.45, 2.75) is 31.3 Å². The van der Waals surface area contributed by atoms with Crippen molar-refractivity contribution >= 4 is 17.5 Å². The van der Waals surface area contributed by atoms with E-state index >= 15 is 0 Å². The third kappa shape index (κ3) is 2.94. The first kappa shape index (κ1) is 14.3. The van der Waals surface area contributed by atoms with E-state index in [1.165, 1.54) is 0 Å². The van der Waals surface area contributed by atoms with E-state index in [0.29, 0.717) is 18.9 Å². The number of anilines is 1. The fourth-order valence-corrected chi connectivity index (χ4v) is 3.03. The monoisotopic (exact) mass is 313 g/mol. The van der Waals surface area contributed by atoms with Crippen molar-refractivity contribution in [2.75, 3.05) is 11.4 Å².